The normalized spacial score (nSPS) is 15.0. The molecule has 2 atom stereocenters. The molecule has 2 unspecified atom stereocenters. The largest absolute Gasteiger partial charge is 0.415 e. The maximum atomic E-state index is 12.4. The van der Waals surface area contributed by atoms with Gasteiger partial charge in [-0.1, -0.05) is 41.9 Å². The van der Waals surface area contributed by atoms with Crippen molar-refractivity contribution in [2.75, 3.05) is 0 Å². The highest BCUT2D eigenvalue weighted by Gasteiger charge is 2.44. The number of benzene rings is 1. The number of rotatable bonds is 4. The van der Waals surface area contributed by atoms with Gasteiger partial charge in [0, 0.05) is 11.4 Å². The maximum Gasteiger partial charge on any atom is 0.415 e. The van der Waals surface area contributed by atoms with Crippen molar-refractivity contribution in [3.8, 4) is 0 Å². The molecule has 0 bridgehead atoms. The number of aliphatic hydroxyl groups excluding tert-OH is 1. The summed E-state index contributed by atoms with van der Waals surface area (Å²) in [6.45, 7) is 1.17. The standard InChI is InChI=1S/C13H12ClF3N2O2/c1-7(11(20)13(15,16)17)12-18-10(19-21-12)6-8-4-2-3-5-9(8)14/h2-5,7,11,20H,6H2,1H3. The number of alkyl halides is 3. The van der Waals surface area contributed by atoms with Crippen molar-refractivity contribution in [1.82, 2.24) is 10.1 Å². The minimum Gasteiger partial charge on any atom is -0.383 e. The fraction of sp³-hybridized carbons (Fsp3) is 0.385. The Hall–Kier alpha value is -1.60. The molecule has 114 valence electrons. The molecule has 1 aromatic heterocycles. The van der Waals surface area contributed by atoms with Gasteiger partial charge in [0.2, 0.25) is 5.89 Å². The van der Waals surface area contributed by atoms with Crippen molar-refractivity contribution in [2.45, 2.75) is 31.5 Å². The highest BCUT2D eigenvalue weighted by atomic mass is 35.5. The predicted octanol–water partition coefficient (Wildman–Crippen LogP) is 3.34. The van der Waals surface area contributed by atoms with E-state index in [-0.39, 0.29) is 18.1 Å². The van der Waals surface area contributed by atoms with Gasteiger partial charge >= 0.3 is 6.18 Å². The SMILES string of the molecule is CC(c1nc(Cc2ccccc2Cl)no1)C(O)C(F)(F)F. The van der Waals surface area contributed by atoms with Gasteiger partial charge < -0.3 is 9.63 Å². The van der Waals surface area contributed by atoms with Crippen LogP contribution in [-0.4, -0.2) is 27.5 Å². The molecule has 0 aliphatic heterocycles. The van der Waals surface area contributed by atoms with Gasteiger partial charge in [0.1, 0.15) is 0 Å². The van der Waals surface area contributed by atoms with Crippen LogP contribution >= 0.6 is 11.6 Å². The predicted molar refractivity (Wildman–Crippen MR) is 69.0 cm³/mol. The highest BCUT2D eigenvalue weighted by Crippen LogP contribution is 2.30. The van der Waals surface area contributed by atoms with Crippen LogP contribution in [-0.2, 0) is 6.42 Å². The van der Waals surface area contributed by atoms with E-state index in [4.69, 9.17) is 16.1 Å². The summed E-state index contributed by atoms with van der Waals surface area (Å²) < 4.78 is 42.1. The lowest BCUT2D eigenvalue weighted by Gasteiger charge is -2.17. The third-order valence-electron chi connectivity index (χ3n) is 2.99. The molecule has 1 heterocycles. The van der Waals surface area contributed by atoms with E-state index in [2.05, 4.69) is 10.1 Å². The molecule has 8 heteroatoms. The van der Waals surface area contributed by atoms with Crippen LogP contribution in [0.4, 0.5) is 13.2 Å². The van der Waals surface area contributed by atoms with Crippen molar-refractivity contribution < 1.29 is 22.8 Å². The summed E-state index contributed by atoms with van der Waals surface area (Å²) in [6.07, 6.45) is -7.06. The molecule has 1 N–H and O–H groups in total. The number of aromatic nitrogens is 2. The molecule has 0 fully saturated rings. The van der Waals surface area contributed by atoms with Gasteiger partial charge in [-0.2, -0.15) is 18.2 Å². The second kappa shape index (κ2) is 6.03. The average molecular weight is 321 g/mol. The summed E-state index contributed by atoms with van der Waals surface area (Å²) in [6, 6.07) is 6.98. The first kappa shape index (κ1) is 15.8. The molecule has 2 aromatic rings. The zero-order chi connectivity index (χ0) is 15.6. The molecular weight excluding hydrogens is 309 g/mol. The molecule has 0 amide bonds. The van der Waals surface area contributed by atoms with E-state index in [1.54, 1.807) is 24.3 Å². The Labute approximate surface area is 123 Å². The van der Waals surface area contributed by atoms with Gasteiger partial charge in [-0.25, -0.2) is 0 Å². The molecule has 0 radical (unpaired) electrons. The third-order valence-corrected chi connectivity index (χ3v) is 3.36. The van der Waals surface area contributed by atoms with Crippen LogP contribution in [0.15, 0.2) is 28.8 Å². The summed E-state index contributed by atoms with van der Waals surface area (Å²) in [7, 11) is 0. The molecule has 1 aromatic carbocycles. The molecule has 21 heavy (non-hydrogen) atoms. The van der Waals surface area contributed by atoms with Crippen LogP contribution in [0.25, 0.3) is 0 Å². The molecule has 0 saturated carbocycles. The van der Waals surface area contributed by atoms with Crippen molar-refractivity contribution in [3.05, 3.63) is 46.6 Å². The Morgan fingerprint density at radius 1 is 1.33 bits per heavy atom. The van der Waals surface area contributed by atoms with E-state index in [0.717, 1.165) is 5.56 Å². The van der Waals surface area contributed by atoms with Crippen molar-refractivity contribution in [3.63, 3.8) is 0 Å². The molecule has 0 aliphatic carbocycles. The van der Waals surface area contributed by atoms with E-state index in [9.17, 15) is 18.3 Å². The van der Waals surface area contributed by atoms with Crippen LogP contribution in [0.5, 0.6) is 0 Å². The number of hydrogen-bond acceptors (Lipinski definition) is 4. The average Bonchev–Trinajstić information content (AvgIpc) is 2.87. The molecular formula is C13H12ClF3N2O2. The van der Waals surface area contributed by atoms with Crippen LogP contribution in [0, 0.1) is 0 Å². The lowest BCUT2D eigenvalue weighted by Crippen LogP contribution is -2.33. The smallest absolute Gasteiger partial charge is 0.383 e. The second-order valence-electron chi connectivity index (χ2n) is 4.59. The van der Waals surface area contributed by atoms with Gasteiger partial charge in [-0.15, -0.1) is 0 Å². The van der Waals surface area contributed by atoms with Crippen LogP contribution in [0.1, 0.15) is 30.1 Å². The van der Waals surface area contributed by atoms with E-state index >= 15 is 0 Å². The molecule has 0 spiro atoms. The minimum absolute atomic E-state index is 0.208. The summed E-state index contributed by atoms with van der Waals surface area (Å²) in [5.41, 5.74) is 0.732. The maximum absolute atomic E-state index is 12.4. The molecule has 4 nitrogen and oxygen atoms in total. The first-order chi connectivity index (χ1) is 9.79. The summed E-state index contributed by atoms with van der Waals surface area (Å²) in [4.78, 5) is 3.88. The lowest BCUT2D eigenvalue weighted by atomic mass is 10.0. The third kappa shape index (κ3) is 3.74. The summed E-state index contributed by atoms with van der Waals surface area (Å²) >= 11 is 5.98. The van der Waals surface area contributed by atoms with Crippen LogP contribution < -0.4 is 0 Å². The minimum atomic E-state index is -4.74. The van der Waals surface area contributed by atoms with Crippen molar-refractivity contribution in [2.24, 2.45) is 0 Å². The second-order valence-corrected chi connectivity index (χ2v) is 5.00. The van der Waals surface area contributed by atoms with E-state index < -0.39 is 18.2 Å². The Bertz CT molecular complexity index is 615. The first-order valence-corrected chi connectivity index (χ1v) is 6.47. The fourth-order valence-electron chi connectivity index (χ4n) is 1.75. The van der Waals surface area contributed by atoms with Crippen molar-refractivity contribution >= 4 is 11.6 Å². The number of hydrogen-bond donors (Lipinski definition) is 1. The topological polar surface area (TPSA) is 59.2 Å². The van der Waals surface area contributed by atoms with Gasteiger partial charge in [0.25, 0.3) is 0 Å². The highest BCUT2D eigenvalue weighted by molar-refractivity contribution is 6.31. The number of aliphatic hydroxyl groups is 1. The Balaban J connectivity index is 2.13. The van der Waals surface area contributed by atoms with E-state index in [0.29, 0.717) is 5.02 Å². The van der Waals surface area contributed by atoms with Gasteiger partial charge in [-0.05, 0) is 11.6 Å². The number of halogens is 4. The summed E-state index contributed by atoms with van der Waals surface area (Å²) in [5.74, 6) is -1.39. The quantitative estimate of drug-likeness (QED) is 0.938. The lowest BCUT2D eigenvalue weighted by molar-refractivity contribution is -0.210. The van der Waals surface area contributed by atoms with Crippen LogP contribution in [0.3, 0.4) is 0 Å². The zero-order valence-electron chi connectivity index (χ0n) is 10.9. The Kier molecular flexibility index (Phi) is 4.53. The van der Waals surface area contributed by atoms with Crippen LogP contribution in [0.2, 0.25) is 5.02 Å². The molecule has 2 rings (SSSR count). The van der Waals surface area contributed by atoms with Gasteiger partial charge in [0.15, 0.2) is 11.9 Å². The van der Waals surface area contributed by atoms with Crippen molar-refractivity contribution in [1.29, 1.82) is 0 Å². The van der Waals surface area contributed by atoms with Gasteiger partial charge in [0.05, 0.1) is 5.92 Å². The van der Waals surface area contributed by atoms with E-state index in [1.165, 1.54) is 6.92 Å². The fourth-order valence-corrected chi connectivity index (χ4v) is 1.96. The molecule has 0 saturated heterocycles. The number of nitrogens with zero attached hydrogens (tertiary/aromatic N) is 2. The first-order valence-electron chi connectivity index (χ1n) is 6.09. The molecule has 0 aliphatic rings. The zero-order valence-corrected chi connectivity index (χ0v) is 11.7. The Morgan fingerprint density at radius 3 is 2.62 bits per heavy atom. The summed E-state index contributed by atoms with van der Waals surface area (Å²) in [5, 5.41) is 13.3. The van der Waals surface area contributed by atoms with E-state index in [1.807, 2.05) is 0 Å². The Morgan fingerprint density at radius 2 is 2.00 bits per heavy atom. The van der Waals surface area contributed by atoms with Gasteiger partial charge in [-0.3, -0.25) is 0 Å². The monoisotopic (exact) mass is 320 g/mol.